The molecule has 4 rings (SSSR count). The molecule has 2 aromatic heterocycles. The van der Waals surface area contributed by atoms with Crippen LogP contribution in [-0.4, -0.2) is 26.0 Å². The molecule has 0 bridgehead atoms. The number of aryl methyl sites for hydroxylation is 1. The zero-order valence-corrected chi connectivity index (χ0v) is 16.1. The van der Waals surface area contributed by atoms with Gasteiger partial charge in [0.05, 0.1) is 11.3 Å². The highest BCUT2D eigenvalue weighted by Crippen LogP contribution is 2.18. The number of hydrogen-bond acceptors (Lipinski definition) is 3. The van der Waals surface area contributed by atoms with Crippen LogP contribution in [0.5, 0.6) is 0 Å². The highest BCUT2D eigenvalue weighted by Gasteiger charge is 2.21. The number of nitrogens with one attached hydrogen (secondary N) is 1. The van der Waals surface area contributed by atoms with Crippen molar-refractivity contribution in [2.75, 3.05) is 6.54 Å². The zero-order valence-electron chi connectivity index (χ0n) is 16.1. The summed E-state index contributed by atoms with van der Waals surface area (Å²) < 4.78 is 15.3. The lowest BCUT2D eigenvalue weighted by Gasteiger charge is -2.28. The molecule has 0 amide bonds. The van der Waals surface area contributed by atoms with Gasteiger partial charge in [0.1, 0.15) is 11.6 Å². The molecule has 1 aliphatic rings. The van der Waals surface area contributed by atoms with Gasteiger partial charge in [0.2, 0.25) is 0 Å². The molecule has 0 aliphatic carbocycles. The van der Waals surface area contributed by atoms with Gasteiger partial charge in [-0.2, -0.15) is 0 Å². The molecule has 146 valence electrons. The second-order valence-corrected chi connectivity index (χ2v) is 7.40. The zero-order chi connectivity index (χ0) is 19.5. The highest BCUT2D eigenvalue weighted by molar-refractivity contribution is 5.22. The Morgan fingerprint density at radius 1 is 1.18 bits per heavy atom. The van der Waals surface area contributed by atoms with Crippen LogP contribution in [0.2, 0.25) is 0 Å². The van der Waals surface area contributed by atoms with Crippen molar-refractivity contribution in [3.05, 3.63) is 87.1 Å². The van der Waals surface area contributed by atoms with Crippen molar-refractivity contribution in [2.24, 2.45) is 0 Å². The minimum atomic E-state index is -0.218. The summed E-state index contributed by atoms with van der Waals surface area (Å²) in [4.78, 5) is 22.4. The molecule has 5 nitrogen and oxygen atoms in total. The van der Waals surface area contributed by atoms with E-state index in [0.29, 0.717) is 13.1 Å². The van der Waals surface area contributed by atoms with E-state index in [0.717, 1.165) is 55.0 Å². The molecule has 1 aliphatic heterocycles. The van der Waals surface area contributed by atoms with Crippen LogP contribution >= 0.6 is 0 Å². The summed E-state index contributed by atoms with van der Waals surface area (Å²) in [5.41, 5.74) is 3.99. The molecule has 3 heterocycles. The second kappa shape index (κ2) is 8.10. The molecule has 3 aromatic rings. The van der Waals surface area contributed by atoms with Crippen molar-refractivity contribution < 1.29 is 4.39 Å². The molecule has 0 radical (unpaired) electrons. The highest BCUT2D eigenvalue weighted by atomic mass is 19.1. The maximum atomic E-state index is 13.1. The van der Waals surface area contributed by atoms with E-state index in [4.69, 9.17) is 0 Å². The van der Waals surface area contributed by atoms with Crippen molar-refractivity contribution in [1.29, 1.82) is 0 Å². The fraction of sp³-hybridized carbons (Fsp3) is 0.364. The number of halogens is 1. The average Bonchev–Trinajstić information content (AvgIpc) is 3.11. The minimum Gasteiger partial charge on any atom is -0.346 e. The first-order valence-electron chi connectivity index (χ1n) is 9.84. The summed E-state index contributed by atoms with van der Waals surface area (Å²) in [7, 11) is 0. The van der Waals surface area contributed by atoms with Gasteiger partial charge in [0.15, 0.2) is 0 Å². The van der Waals surface area contributed by atoms with Crippen molar-refractivity contribution in [2.45, 2.75) is 45.8 Å². The van der Waals surface area contributed by atoms with Gasteiger partial charge in [0.25, 0.3) is 5.56 Å². The Labute approximate surface area is 163 Å². The number of aromatic amines is 1. The van der Waals surface area contributed by atoms with Crippen LogP contribution in [0.4, 0.5) is 4.39 Å². The Balaban J connectivity index is 1.47. The summed E-state index contributed by atoms with van der Waals surface area (Å²) in [6.45, 7) is 5.06. The number of fused-ring (bicyclic) bond motifs is 1. The van der Waals surface area contributed by atoms with Crippen molar-refractivity contribution in [3.63, 3.8) is 0 Å². The molecular weight excluding hydrogens is 355 g/mol. The van der Waals surface area contributed by atoms with Gasteiger partial charge in [-0.15, -0.1) is 0 Å². The Morgan fingerprint density at radius 3 is 2.79 bits per heavy atom. The molecule has 0 spiro atoms. The van der Waals surface area contributed by atoms with E-state index in [1.807, 2.05) is 24.4 Å². The van der Waals surface area contributed by atoms with Crippen molar-refractivity contribution in [3.8, 4) is 0 Å². The molecule has 0 unspecified atom stereocenters. The van der Waals surface area contributed by atoms with E-state index < -0.39 is 0 Å². The predicted molar refractivity (Wildman–Crippen MR) is 107 cm³/mol. The van der Waals surface area contributed by atoms with Gasteiger partial charge in [-0.25, -0.2) is 9.37 Å². The molecule has 0 fully saturated rings. The van der Waals surface area contributed by atoms with Crippen molar-refractivity contribution in [1.82, 2.24) is 19.4 Å². The van der Waals surface area contributed by atoms with E-state index in [9.17, 15) is 9.18 Å². The molecule has 28 heavy (non-hydrogen) atoms. The van der Waals surface area contributed by atoms with Gasteiger partial charge < -0.3 is 9.55 Å². The van der Waals surface area contributed by atoms with Crippen LogP contribution in [0.25, 0.3) is 0 Å². The number of rotatable bonds is 6. The first-order valence-corrected chi connectivity index (χ1v) is 9.84. The molecule has 1 N–H and O–H groups in total. The lowest BCUT2D eigenvalue weighted by molar-refractivity contribution is 0.235. The molecule has 6 heteroatoms. The molecular formula is C22H25FN4O. The molecule has 0 saturated heterocycles. The van der Waals surface area contributed by atoms with E-state index in [2.05, 4.69) is 32.4 Å². The Morgan fingerprint density at radius 2 is 2.00 bits per heavy atom. The molecule has 1 aromatic carbocycles. The summed E-state index contributed by atoms with van der Waals surface area (Å²) in [5.74, 6) is 0.581. The van der Waals surface area contributed by atoms with Gasteiger partial charge in [-0.1, -0.05) is 19.1 Å². The first kappa shape index (κ1) is 18.6. The van der Waals surface area contributed by atoms with Crippen LogP contribution in [0.1, 0.15) is 41.7 Å². The van der Waals surface area contributed by atoms with E-state index in [-0.39, 0.29) is 11.4 Å². The minimum absolute atomic E-state index is 0.000144. The number of H-pyrrole nitrogens is 1. The first-order chi connectivity index (χ1) is 13.6. The third-order valence-corrected chi connectivity index (χ3v) is 5.26. The van der Waals surface area contributed by atoms with Gasteiger partial charge in [-0.3, -0.25) is 9.69 Å². The maximum Gasteiger partial charge on any atom is 0.255 e. The van der Waals surface area contributed by atoms with Crippen LogP contribution in [0.15, 0.2) is 47.4 Å². The normalized spacial score (nSPS) is 14.2. The van der Waals surface area contributed by atoms with E-state index in [1.165, 1.54) is 17.8 Å². The van der Waals surface area contributed by atoms with Crippen LogP contribution in [0.3, 0.4) is 0 Å². The lowest BCUT2D eigenvalue weighted by atomic mass is 10.1. The Bertz CT molecular complexity index is 1010. The summed E-state index contributed by atoms with van der Waals surface area (Å²) in [6.07, 6.45) is 4.62. The monoisotopic (exact) mass is 380 g/mol. The smallest absolute Gasteiger partial charge is 0.255 e. The van der Waals surface area contributed by atoms with Crippen LogP contribution < -0.4 is 5.56 Å². The number of benzene rings is 1. The SMILES string of the molecule is CCCc1nc2c(c(=O)[nH]1)CN(Cc1cccn1Cc1ccc(F)cc1)CC2. The largest absolute Gasteiger partial charge is 0.346 e. The van der Waals surface area contributed by atoms with Gasteiger partial charge in [0, 0.05) is 50.9 Å². The fourth-order valence-corrected chi connectivity index (χ4v) is 3.79. The van der Waals surface area contributed by atoms with Gasteiger partial charge >= 0.3 is 0 Å². The number of nitrogens with zero attached hydrogens (tertiary/aromatic N) is 3. The molecule has 0 saturated carbocycles. The second-order valence-electron chi connectivity index (χ2n) is 7.40. The van der Waals surface area contributed by atoms with Crippen LogP contribution in [-0.2, 0) is 32.5 Å². The quantitative estimate of drug-likeness (QED) is 0.714. The Kier molecular flexibility index (Phi) is 5.39. The maximum absolute atomic E-state index is 13.1. The standard InChI is InChI=1S/C22H25FN4O/c1-2-4-21-24-20-10-12-26(15-19(20)22(28)25-21)14-18-5-3-11-27(18)13-16-6-8-17(23)9-7-16/h3,5-9,11H,2,4,10,12-15H2,1H3,(H,24,25,28). The predicted octanol–water partition coefficient (Wildman–Crippen LogP) is 3.27. The number of hydrogen-bond donors (Lipinski definition) is 1. The third kappa shape index (κ3) is 4.07. The summed E-state index contributed by atoms with van der Waals surface area (Å²) in [6, 6.07) is 10.7. The summed E-state index contributed by atoms with van der Waals surface area (Å²) in [5, 5.41) is 0. The van der Waals surface area contributed by atoms with E-state index in [1.54, 1.807) is 0 Å². The van der Waals surface area contributed by atoms with E-state index >= 15 is 0 Å². The average molecular weight is 380 g/mol. The lowest BCUT2D eigenvalue weighted by Crippen LogP contribution is -2.36. The fourth-order valence-electron chi connectivity index (χ4n) is 3.79. The third-order valence-electron chi connectivity index (χ3n) is 5.26. The van der Waals surface area contributed by atoms with Crippen molar-refractivity contribution >= 4 is 0 Å². The number of aromatic nitrogens is 3. The van der Waals surface area contributed by atoms with Gasteiger partial charge in [-0.05, 0) is 36.2 Å². The topological polar surface area (TPSA) is 53.9 Å². The van der Waals surface area contributed by atoms with Crippen LogP contribution in [0, 0.1) is 5.82 Å². The Hall–Kier alpha value is -2.73. The summed E-state index contributed by atoms with van der Waals surface area (Å²) >= 11 is 0. The molecule has 0 atom stereocenters.